The third kappa shape index (κ3) is 4.38. The molecule has 0 radical (unpaired) electrons. The van der Waals surface area contributed by atoms with Crippen LogP contribution in [0.15, 0.2) is 48.7 Å². The van der Waals surface area contributed by atoms with Gasteiger partial charge in [0.25, 0.3) is 5.91 Å². The molecule has 3 aromatic rings. The van der Waals surface area contributed by atoms with Gasteiger partial charge in [0.15, 0.2) is 0 Å². The van der Waals surface area contributed by atoms with Crippen molar-refractivity contribution >= 4 is 28.4 Å². The maximum absolute atomic E-state index is 12.8. The van der Waals surface area contributed by atoms with Crippen LogP contribution in [0, 0.1) is 0 Å². The summed E-state index contributed by atoms with van der Waals surface area (Å²) in [4.78, 5) is 20.6. The molecule has 27 heavy (non-hydrogen) atoms. The SMILES string of the molecule is O=C(NO)c1ccc(CN(c2ccccn2)c2nc(C(F)(F)F)ns2)cc1. The number of nitrogens with zero attached hydrogens (tertiary/aromatic N) is 4. The number of rotatable bonds is 5. The number of benzene rings is 1. The molecule has 0 aliphatic carbocycles. The maximum Gasteiger partial charge on any atom is 0.452 e. The Morgan fingerprint density at radius 1 is 1.19 bits per heavy atom. The van der Waals surface area contributed by atoms with Crippen molar-refractivity contribution in [1.29, 1.82) is 0 Å². The summed E-state index contributed by atoms with van der Waals surface area (Å²) in [6.07, 6.45) is -3.12. The average molecular weight is 395 g/mol. The molecule has 140 valence electrons. The van der Waals surface area contributed by atoms with Gasteiger partial charge in [0.05, 0.1) is 6.54 Å². The van der Waals surface area contributed by atoms with Gasteiger partial charge in [-0.15, -0.1) is 0 Å². The van der Waals surface area contributed by atoms with E-state index in [1.54, 1.807) is 30.3 Å². The largest absolute Gasteiger partial charge is 0.452 e. The van der Waals surface area contributed by atoms with Gasteiger partial charge in [-0.3, -0.25) is 14.9 Å². The normalized spacial score (nSPS) is 11.3. The summed E-state index contributed by atoms with van der Waals surface area (Å²) in [5, 5.41) is 8.69. The predicted octanol–water partition coefficient (Wildman–Crippen LogP) is 3.41. The Bertz CT molecular complexity index is 916. The highest BCUT2D eigenvalue weighted by Gasteiger charge is 2.36. The van der Waals surface area contributed by atoms with Crippen LogP contribution in [-0.4, -0.2) is 25.5 Å². The summed E-state index contributed by atoms with van der Waals surface area (Å²) in [6.45, 7) is 0.157. The van der Waals surface area contributed by atoms with Gasteiger partial charge in [-0.05, 0) is 29.8 Å². The topological polar surface area (TPSA) is 91.2 Å². The van der Waals surface area contributed by atoms with Crippen molar-refractivity contribution in [2.45, 2.75) is 12.7 Å². The molecule has 1 aromatic carbocycles. The lowest BCUT2D eigenvalue weighted by atomic mass is 10.1. The Morgan fingerprint density at radius 2 is 1.93 bits per heavy atom. The summed E-state index contributed by atoms with van der Waals surface area (Å²) in [6, 6.07) is 11.2. The van der Waals surface area contributed by atoms with Crippen molar-refractivity contribution < 1.29 is 23.2 Å². The van der Waals surface area contributed by atoms with Crippen molar-refractivity contribution in [1.82, 2.24) is 19.8 Å². The molecule has 1 amide bonds. The summed E-state index contributed by atoms with van der Waals surface area (Å²) in [5.74, 6) is -1.47. The van der Waals surface area contributed by atoms with Gasteiger partial charge >= 0.3 is 6.18 Å². The molecule has 2 heterocycles. The maximum atomic E-state index is 12.8. The highest BCUT2D eigenvalue weighted by Crippen LogP contribution is 2.33. The quantitative estimate of drug-likeness (QED) is 0.508. The van der Waals surface area contributed by atoms with Crippen molar-refractivity contribution in [3.8, 4) is 0 Å². The van der Waals surface area contributed by atoms with Gasteiger partial charge in [0, 0.05) is 23.3 Å². The molecule has 0 spiro atoms. The molecule has 11 heteroatoms. The van der Waals surface area contributed by atoms with Crippen LogP contribution < -0.4 is 10.4 Å². The van der Waals surface area contributed by atoms with Crippen LogP contribution in [0.2, 0.25) is 0 Å². The average Bonchev–Trinajstić information content (AvgIpc) is 3.17. The van der Waals surface area contributed by atoms with E-state index in [9.17, 15) is 18.0 Å². The standard InChI is InChI=1S/C16H12F3N5O2S/c17-16(18,19)14-21-15(27-23-14)24(12-3-1-2-8-20-12)9-10-4-6-11(7-5-10)13(25)22-26/h1-8,26H,9H2,(H,22,25). The molecule has 0 saturated carbocycles. The molecule has 0 bridgehead atoms. The van der Waals surface area contributed by atoms with E-state index < -0.39 is 17.9 Å². The number of anilines is 2. The first-order chi connectivity index (χ1) is 12.9. The third-order valence-electron chi connectivity index (χ3n) is 3.48. The molecule has 0 aliphatic heterocycles. The fraction of sp³-hybridized carbons (Fsp3) is 0.125. The summed E-state index contributed by atoms with van der Waals surface area (Å²) in [5.41, 5.74) is 2.46. The van der Waals surface area contributed by atoms with Crippen LogP contribution in [0.5, 0.6) is 0 Å². The predicted molar refractivity (Wildman–Crippen MR) is 90.7 cm³/mol. The number of amides is 1. The lowest BCUT2D eigenvalue weighted by Crippen LogP contribution is -2.19. The zero-order valence-corrected chi connectivity index (χ0v) is 14.3. The van der Waals surface area contributed by atoms with Crippen molar-refractivity contribution in [2.24, 2.45) is 0 Å². The van der Waals surface area contributed by atoms with Crippen molar-refractivity contribution in [3.05, 3.63) is 65.6 Å². The molecule has 0 aliphatic rings. The number of hydrogen-bond acceptors (Lipinski definition) is 7. The second-order valence-corrected chi connectivity index (χ2v) is 6.04. The Kier molecular flexibility index (Phi) is 5.33. The molecule has 0 saturated heterocycles. The van der Waals surface area contributed by atoms with Crippen molar-refractivity contribution in [3.63, 3.8) is 0 Å². The molecule has 2 aromatic heterocycles. The Hall–Kier alpha value is -3.05. The highest BCUT2D eigenvalue weighted by molar-refractivity contribution is 7.09. The number of carbonyl (C=O) groups excluding carboxylic acids is 1. The van der Waals surface area contributed by atoms with E-state index in [0.717, 1.165) is 0 Å². The first-order valence-corrected chi connectivity index (χ1v) is 8.28. The minimum Gasteiger partial charge on any atom is -0.297 e. The zero-order valence-electron chi connectivity index (χ0n) is 13.5. The van der Waals surface area contributed by atoms with Crippen LogP contribution in [-0.2, 0) is 12.7 Å². The molecular formula is C16H12F3N5O2S. The zero-order chi connectivity index (χ0) is 19.4. The second-order valence-electron chi connectivity index (χ2n) is 5.31. The molecule has 0 unspecified atom stereocenters. The van der Waals surface area contributed by atoms with Crippen molar-refractivity contribution in [2.75, 3.05) is 4.90 Å². The lowest BCUT2D eigenvalue weighted by Gasteiger charge is -2.20. The molecule has 0 fully saturated rings. The van der Waals surface area contributed by atoms with E-state index in [0.29, 0.717) is 22.9 Å². The van der Waals surface area contributed by atoms with Gasteiger partial charge in [-0.1, -0.05) is 18.2 Å². The monoisotopic (exact) mass is 395 g/mol. The smallest absolute Gasteiger partial charge is 0.297 e. The number of hydroxylamine groups is 1. The summed E-state index contributed by atoms with van der Waals surface area (Å²) < 4.78 is 41.9. The van der Waals surface area contributed by atoms with E-state index in [2.05, 4.69) is 14.3 Å². The lowest BCUT2D eigenvalue weighted by molar-refractivity contribution is -0.144. The van der Waals surface area contributed by atoms with E-state index in [1.807, 2.05) is 0 Å². The first-order valence-electron chi connectivity index (χ1n) is 7.51. The first kappa shape index (κ1) is 18.7. The molecule has 7 nitrogen and oxygen atoms in total. The number of nitrogens with one attached hydrogen (secondary N) is 1. The Morgan fingerprint density at radius 3 is 2.48 bits per heavy atom. The van der Waals surface area contributed by atoms with Gasteiger partial charge in [-0.25, -0.2) is 10.5 Å². The molecule has 2 N–H and O–H groups in total. The number of carbonyl (C=O) groups is 1. The van der Waals surface area contributed by atoms with Gasteiger partial charge < -0.3 is 0 Å². The van der Waals surface area contributed by atoms with Crippen LogP contribution in [0.4, 0.5) is 24.1 Å². The van der Waals surface area contributed by atoms with E-state index >= 15 is 0 Å². The van der Waals surface area contributed by atoms with Crippen LogP contribution >= 0.6 is 11.5 Å². The molecule has 0 atom stereocenters. The molecular weight excluding hydrogens is 383 g/mol. The van der Waals surface area contributed by atoms with Crippen LogP contribution in [0.25, 0.3) is 0 Å². The van der Waals surface area contributed by atoms with E-state index in [1.165, 1.54) is 28.7 Å². The van der Waals surface area contributed by atoms with Gasteiger partial charge in [-0.2, -0.15) is 22.5 Å². The number of pyridine rings is 1. The number of hydrogen-bond donors (Lipinski definition) is 2. The number of aromatic nitrogens is 3. The van der Waals surface area contributed by atoms with Crippen LogP contribution in [0.1, 0.15) is 21.7 Å². The fourth-order valence-corrected chi connectivity index (χ4v) is 2.91. The van der Waals surface area contributed by atoms with E-state index in [-0.39, 0.29) is 17.2 Å². The number of halogens is 3. The Balaban J connectivity index is 1.92. The number of alkyl halides is 3. The summed E-state index contributed by atoms with van der Waals surface area (Å²) >= 11 is 0.618. The minimum atomic E-state index is -4.64. The highest BCUT2D eigenvalue weighted by atomic mass is 32.1. The fourth-order valence-electron chi connectivity index (χ4n) is 2.21. The Labute approximate surface area is 155 Å². The van der Waals surface area contributed by atoms with Gasteiger partial charge in [0.1, 0.15) is 5.82 Å². The van der Waals surface area contributed by atoms with E-state index in [4.69, 9.17) is 5.21 Å². The minimum absolute atomic E-state index is 0.0400. The van der Waals surface area contributed by atoms with Gasteiger partial charge in [0.2, 0.25) is 11.0 Å². The van der Waals surface area contributed by atoms with Crippen LogP contribution in [0.3, 0.4) is 0 Å². The molecule has 3 rings (SSSR count). The third-order valence-corrected chi connectivity index (χ3v) is 4.22. The second kappa shape index (κ2) is 7.68. The summed E-state index contributed by atoms with van der Waals surface area (Å²) in [7, 11) is 0.